The molecule has 0 unspecified atom stereocenters. The number of ether oxygens (including phenoxy) is 5. The smallest absolute Gasteiger partial charge is 0.415 e. The third-order valence-corrected chi connectivity index (χ3v) is 15.4. The Balaban J connectivity index is 0.858. The van der Waals surface area contributed by atoms with E-state index in [1.807, 2.05) is 12.1 Å². The van der Waals surface area contributed by atoms with Gasteiger partial charge in [0.2, 0.25) is 11.8 Å². The topological polar surface area (TPSA) is 374 Å². The van der Waals surface area contributed by atoms with Crippen LogP contribution in [-0.4, -0.2) is 198 Å². The molecule has 2 aliphatic rings. The number of aliphatic hydroxyl groups is 1. The van der Waals surface area contributed by atoms with Gasteiger partial charge in [-0.1, -0.05) is 50.2 Å². The van der Waals surface area contributed by atoms with E-state index < -0.39 is 77.8 Å². The number of aliphatic hydroxyl groups excluding tert-OH is 1. The Kier molecular flexibility index (Phi) is 24.6. The fraction of sp³-hybridized carbons (Fsp3) is 0.359. The van der Waals surface area contributed by atoms with Crippen LogP contribution in [0, 0.1) is 5.92 Å². The molecule has 29 nitrogen and oxygen atoms in total. The van der Waals surface area contributed by atoms with E-state index in [0.29, 0.717) is 44.6 Å². The number of nitrogens with one attached hydrogen (secondary N) is 5. The third kappa shape index (κ3) is 18.7. The van der Waals surface area contributed by atoms with Crippen molar-refractivity contribution in [1.29, 1.82) is 0 Å². The van der Waals surface area contributed by atoms with Crippen LogP contribution in [0.4, 0.5) is 36.2 Å². The number of primary amides is 1. The lowest BCUT2D eigenvalue weighted by atomic mass is 9.95. The number of urea groups is 1. The van der Waals surface area contributed by atoms with Crippen LogP contribution >= 0.6 is 11.6 Å². The number of halogens is 1. The molecule has 0 bridgehead atoms. The van der Waals surface area contributed by atoms with E-state index in [2.05, 4.69) is 31.6 Å². The standard InChI is InChI=1S/C64H73ClN12O17/c1-39(2)56(72-62(87)92-32-31-91-29-26-76-53(80)20-21-54(76)81)59(84)71-48(9-6-22-67-61(66)86)58(83)68-43-14-10-40(11-15-43)38-93-63(88)73(3)23-24-74(25-28-90-30-27-78)64(89)94-51-33-50-55(47-8-5-4-7-46(47)51)42(34-65)35-77(50)60(85)49-37-75-36-44(16-19-52(75)70-49)69-57(82)41-12-17-45(79)18-13-41/h4-5,7-8,10-21,33,36-37,39,42,48,56,78-79H,6,9,22-32,34-35,38H2,1-3H3,(H,68,83)(H,69,82)(H,71,84)(H,72,87)(H3,66,67,86)/t42-,48+,56+/m1/s1. The lowest BCUT2D eigenvalue weighted by molar-refractivity contribution is -0.137. The highest BCUT2D eigenvalue weighted by Crippen LogP contribution is 2.46. The fourth-order valence-electron chi connectivity index (χ4n) is 10.1. The lowest BCUT2D eigenvalue weighted by Crippen LogP contribution is -2.54. The van der Waals surface area contributed by atoms with Gasteiger partial charge in [0.25, 0.3) is 23.6 Å². The number of imide groups is 1. The molecular formula is C64H73ClN12O17. The van der Waals surface area contributed by atoms with Gasteiger partial charge in [-0.25, -0.2) is 24.2 Å². The summed E-state index contributed by atoms with van der Waals surface area (Å²) in [6.07, 6.45) is 3.25. The summed E-state index contributed by atoms with van der Waals surface area (Å²) in [5.41, 5.74) is 8.57. The summed E-state index contributed by atoms with van der Waals surface area (Å²) in [7, 11) is 1.48. The molecule has 0 spiro atoms. The van der Waals surface area contributed by atoms with Gasteiger partial charge in [0.05, 0.1) is 51.0 Å². The number of aromatic hydroxyl groups is 1. The van der Waals surface area contributed by atoms with Crippen molar-refractivity contribution in [3.63, 3.8) is 0 Å². The zero-order valence-electron chi connectivity index (χ0n) is 51.7. The molecule has 30 heteroatoms. The van der Waals surface area contributed by atoms with Gasteiger partial charge in [-0.3, -0.25) is 33.7 Å². The van der Waals surface area contributed by atoms with E-state index in [1.54, 1.807) is 85.2 Å². The number of hydrogen-bond donors (Lipinski definition) is 8. The molecular weight excluding hydrogens is 1240 g/mol. The number of carbonyl (C=O) groups is 10. The van der Waals surface area contributed by atoms with Crippen LogP contribution in [-0.2, 0) is 44.7 Å². The van der Waals surface area contributed by atoms with Crippen LogP contribution in [0.3, 0.4) is 0 Å². The van der Waals surface area contributed by atoms with E-state index in [0.717, 1.165) is 22.6 Å². The van der Waals surface area contributed by atoms with Crippen molar-refractivity contribution in [2.24, 2.45) is 11.7 Å². The highest BCUT2D eigenvalue weighted by atomic mass is 35.5. The Hall–Kier alpha value is -10.4. The predicted octanol–water partition coefficient (Wildman–Crippen LogP) is 5.07. The zero-order valence-corrected chi connectivity index (χ0v) is 52.5. The minimum Gasteiger partial charge on any atom is -0.508 e. The van der Waals surface area contributed by atoms with E-state index >= 15 is 0 Å². The summed E-state index contributed by atoms with van der Waals surface area (Å²) in [4.78, 5) is 140. The van der Waals surface area contributed by atoms with Gasteiger partial charge in [0.1, 0.15) is 48.1 Å². The highest BCUT2D eigenvalue weighted by Gasteiger charge is 2.37. The number of hydrogen-bond acceptors (Lipinski definition) is 18. The Bertz CT molecular complexity index is 3760. The van der Waals surface area contributed by atoms with Gasteiger partial charge in [-0.2, -0.15) is 0 Å². The van der Waals surface area contributed by atoms with Crippen LogP contribution < -0.4 is 42.0 Å². The number of likely N-dealkylation sites (N-methyl/N-ethyl adjacent to an activating group) is 1. The Labute approximate surface area is 544 Å². The molecule has 4 aromatic carbocycles. The number of carbonyl (C=O) groups excluding carboxylic acids is 10. The van der Waals surface area contributed by atoms with Crippen molar-refractivity contribution in [2.45, 2.75) is 51.3 Å². The average molecular weight is 1320 g/mol. The first-order valence-electron chi connectivity index (χ1n) is 30.1. The van der Waals surface area contributed by atoms with Gasteiger partial charge in [0, 0.05) is 98.8 Å². The number of alkyl carbamates (subject to hydrolysis) is 1. The maximum absolute atomic E-state index is 14.5. The quantitative estimate of drug-likeness (QED) is 0.0160. The molecule has 3 atom stereocenters. The number of nitrogens with zero attached hydrogens (tertiary/aromatic N) is 6. The summed E-state index contributed by atoms with van der Waals surface area (Å²) in [5, 5.41) is 33.5. The number of rotatable bonds is 31. The summed E-state index contributed by atoms with van der Waals surface area (Å²) in [5.74, 6) is -3.58. The van der Waals surface area contributed by atoms with Gasteiger partial charge >= 0.3 is 24.3 Å². The van der Waals surface area contributed by atoms with Crippen LogP contribution in [0.15, 0.2) is 116 Å². The Morgan fingerprint density at radius 1 is 0.777 bits per heavy atom. The number of benzene rings is 4. The molecule has 0 aliphatic carbocycles. The second-order valence-electron chi connectivity index (χ2n) is 22.1. The molecule has 0 saturated heterocycles. The summed E-state index contributed by atoms with van der Waals surface area (Å²) in [6.45, 7) is 2.82. The number of nitrogens with two attached hydrogens (primary N) is 1. The predicted molar refractivity (Wildman–Crippen MR) is 342 cm³/mol. The molecule has 498 valence electrons. The molecule has 2 aliphatic heterocycles. The molecule has 4 heterocycles. The van der Waals surface area contributed by atoms with Crippen molar-refractivity contribution in [3.8, 4) is 11.5 Å². The molecule has 6 aromatic rings. The number of phenolic OH excluding ortho intramolecular Hbond substituents is 1. The van der Waals surface area contributed by atoms with E-state index in [-0.39, 0.29) is 127 Å². The number of aromatic nitrogens is 2. The minimum absolute atomic E-state index is 0.000719. The van der Waals surface area contributed by atoms with E-state index in [9.17, 15) is 58.2 Å². The fourth-order valence-corrected chi connectivity index (χ4v) is 10.4. The SMILES string of the molecule is CC(C)[C@H](NC(=O)OCCOCCN1C(=O)C=CC1=O)C(=O)N[C@@H](CCCNC(N)=O)C(=O)Nc1ccc(COC(=O)N(C)CCN(CCOCCO)C(=O)Oc2cc3c(c4ccccc24)[C@H](CCl)CN3C(=O)c2cn3cc(NC(=O)c4ccc(O)cc4)ccc3n2)cc1. The summed E-state index contributed by atoms with van der Waals surface area (Å²) in [6, 6.07) is 21.2. The van der Waals surface area contributed by atoms with Crippen LogP contribution in [0.25, 0.3) is 16.4 Å². The first-order chi connectivity index (χ1) is 45.2. The van der Waals surface area contributed by atoms with Gasteiger partial charge in [-0.05, 0) is 83.8 Å². The van der Waals surface area contributed by atoms with Gasteiger partial charge < -0.3 is 85.3 Å². The van der Waals surface area contributed by atoms with Crippen LogP contribution in [0.2, 0.25) is 0 Å². The van der Waals surface area contributed by atoms with E-state index in [1.165, 1.54) is 46.0 Å². The van der Waals surface area contributed by atoms with Crippen LogP contribution in [0.5, 0.6) is 11.5 Å². The van der Waals surface area contributed by atoms with Gasteiger partial charge in [0.15, 0.2) is 0 Å². The summed E-state index contributed by atoms with van der Waals surface area (Å²) >= 11 is 6.59. The second-order valence-corrected chi connectivity index (χ2v) is 22.4. The first kappa shape index (κ1) is 69.5. The molecule has 8 rings (SSSR count). The van der Waals surface area contributed by atoms with Crippen LogP contribution in [0.1, 0.15) is 64.6 Å². The molecule has 2 aromatic heterocycles. The highest BCUT2D eigenvalue weighted by molar-refractivity contribution is 6.19. The molecule has 9 N–H and O–H groups in total. The molecule has 0 radical (unpaired) electrons. The lowest BCUT2D eigenvalue weighted by Gasteiger charge is -2.25. The number of phenols is 1. The number of pyridine rings is 1. The van der Waals surface area contributed by atoms with Crippen molar-refractivity contribution in [1.82, 2.24) is 40.0 Å². The minimum atomic E-state index is -1.16. The maximum atomic E-state index is 14.5. The molecule has 11 amide bonds. The number of alkyl halides is 1. The van der Waals surface area contributed by atoms with Crippen molar-refractivity contribution in [2.75, 3.05) is 107 Å². The normalized spacial score (nSPS) is 13.9. The zero-order chi connectivity index (χ0) is 67.4. The largest absolute Gasteiger partial charge is 0.508 e. The second kappa shape index (κ2) is 33.3. The Morgan fingerprint density at radius 2 is 1.49 bits per heavy atom. The average Bonchev–Trinajstić information content (AvgIpc) is 1.56. The monoisotopic (exact) mass is 1320 g/mol. The van der Waals surface area contributed by atoms with Crippen molar-refractivity contribution >= 4 is 105 Å². The van der Waals surface area contributed by atoms with Gasteiger partial charge in [-0.15, -0.1) is 11.6 Å². The Morgan fingerprint density at radius 3 is 2.19 bits per heavy atom. The molecule has 0 saturated carbocycles. The molecule has 94 heavy (non-hydrogen) atoms. The maximum Gasteiger partial charge on any atom is 0.415 e. The van der Waals surface area contributed by atoms with Crippen molar-refractivity contribution in [3.05, 3.63) is 138 Å². The number of imidazole rings is 1. The number of fused-ring (bicyclic) bond motifs is 4. The van der Waals surface area contributed by atoms with E-state index in [4.69, 9.17) is 41.0 Å². The first-order valence-corrected chi connectivity index (χ1v) is 30.6. The third-order valence-electron chi connectivity index (χ3n) is 15.1. The number of amides is 11. The summed E-state index contributed by atoms with van der Waals surface area (Å²) < 4.78 is 29.4. The molecule has 0 fully saturated rings. The van der Waals surface area contributed by atoms with Crippen molar-refractivity contribution < 1.29 is 81.8 Å². The number of anilines is 3.